The second-order valence-corrected chi connectivity index (χ2v) is 8.62. The van der Waals surface area contributed by atoms with E-state index in [0.29, 0.717) is 57.4 Å². The van der Waals surface area contributed by atoms with Crippen LogP contribution in [0.3, 0.4) is 0 Å². The first-order valence-electron chi connectivity index (χ1n) is 7.53. The molecule has 0 bridgehead atoms. The first-order valence-corrected chi connectivity index (χ1v) is 9.74. The highest BCUT2D eigenvalue weighted by Crippen LogP contribution is 2.18. The molecule has 0 aliphatic carbocycles. The molecule has 2 aliphatic heterocycles. The maximum Gasteiger partial charge on any atom is 0.282 e. The average molecular weight is 360 g/mol. The summed E-state index contributed by atoms with van der Waals surface area (Å²) in [6.45, 7) is 4.95. The van der Waals surface area contributed by atoms with Gasteiger partial charge in [-0.15, -0.1) is 11.3 Å². The SMILES string of the molecule is Cc1ncc(C(=O)N2CCN(S(=O)(=O)N3CCOCC3)CC2)s1. The summed E-state index contributed by atoms with van der Waals surface area (Å²) in [7, 11) is -3.46. The van der Waals surface area contributed by atoms with Crippen molar-refractivity contribution >= 4 is 27.5 Å². The van der Waals surface area contributed by atoms with Crippen LogP contribution in [-0.4, -0.2) is 85.3 Å². The number of aryl methyl sites for hydroxylation is 1. The predicted molar refractivity (Wildman–Crippen MR) is 85.6 cm³/mol. The van der Waals surface area contributed by atoms with E-state index in [9.17, 15) is 13.2 Å². The number of aromatic nitrogens is 1. The normalized spacial score (nSPS) is 21.5. The molecule has 0 saturated carbocycles. The molecule has 2 aliphatic rings. The number of rotatable bonds is 3. The first kappa shape index (κ1) is 16.8. The Morgan fingerprint density at radius 3 is 2.30 bits per heavy atom. The molecule has 8 nitrogen and oxygen atoms in total. The van der Waals surface area contributed by atoms with Crippen molar-refractivity contribution < 1.29 is 17.9 Å². The van der Waals surface area contributed by atoms with Crippen molar-refractivity contribution in [1.82, 2.24) is 18.5 Å². The van der Waals surface area contributed by atoms with E-state index in [1.54, 1.807) is 11.1 Å². The third kappa shape index (κ3) is 3.56. The Bertz CT molecular complexity index is 661. The quantitative estimate of drug-likeness (QED) is 0.745. The zero-order chi connectivity index (χ0) is 16.4. The Morgan fingerprint density at radius 1 is 1.13 bits per heavy atom. The second kappa shape index (κ2) is 6.81. The van der Waals surface area contributed by atoms with Crippen LogP contribution in [0.25, 0.3) is 0 Å². The van der Waals surface area contributed by atoms with Gasteiger partial charge in [0, 0.05) is 39.3 Å². The standard InChI is InChI=1S/C13H20N4O4S2/c1-11-14-10-12(22-11)13(18)15-2-4-16(5-3-15)23(19,20)17-6-8-21-9-7-17/h10H,2-9H2,1H3. The Morgan fingerprint density at radius 2 is 1.74 bits per heavy atom. The lowest BCUT2D eigenvalue weighted by Gasteiger charge is -2.37. The lowest BCUT2D eigenvalue weighted by molar-refractivity contribution is 0.0639. The molecule has 128 valence electrons. The third-order valence-electron chi connectivity index (χ3n) is 3.98. The van der Waals surface area contributed by atoms with Gasteiger partial charge in [-0.05, 0) is 6.92 Å². The molecule has 0 radical (unpaired) electrons. The molecule has 0 aromatic carbocycles. The molecular formula is C13H20N4O4S2. The number of hydrogen-bond donors (Lipinski definition) is 0. The van der Waals surface area contributed by atoms with Gasteiger partial charge in [0.15, 0.2) is 0 Å². The zero-order valence-electron chi connectivity index (χ0n) is 13.0. The van der Waals surface area contributed by atoms with Crippen molar-refractivity contribution in [2.75, 3.05) is 52.5 Å². The molecule has 0 atom stereocenters. The molecule has 23 heavy (non-hydrogen) atoms. The van der Waals surface area contributed by atoms with Crippen LogP contribution < -0.4 is 0 Å². The molecular weight excluding hydrogens is 340 g/mol. The van der Waals surface area contributed by atoms with Gasteiger partial charge in [0.25, 0.3) is 16.1 Å². The zero-order valence-corrected chi connectivity index (χ0v) is 14.6. The lowest BCUT2D eigenvalue weighted by atomic mass is 10.3. The van der Waals surface area contributed by atoms with Gasteiger partial charge in [-0.1, -0.05) is 0 Å². The molecule has 1 aromatic rings. The number of carbonyl (C=O) groups is 1. The van der Waals surface area contributed by atoms with Crippen molar-refractivity contribution in [1.29, 1.82) is 0 Å². The Hall–Kier alpha value is -1.07. The van der Waals surface area contributed by atoms with E-state index in [0.717, 1.165) is 5.01 Å². The van der Waals surface area contributed by atoms with Crippen LogP contribution in [0.4, 0.5) is 0 Å². The highest BCUT2D eigenvalue weighted by atomic mass is 32.2. The van der Waals surface area contributed by atoms with Gasteiger partial charge in [0.2, 0.25) is 0 Å². The molecule has 1 amide bonds. The first-order chi connectivity index (χ1) is 11.0. The molecule has 10 heteroatoms. The number of morpholine rings is 1. The van der Waals surface area contributed by atoms with E-state index in [1.807, 2.05) is 6.92 Å². The number of hydrogen-bond acceptors (Lipinski definition) is 6. The summed E-state index contributed by atoms with van der Waals surface area (Å²) in [5.74, 6) is -0.0704. The number of ether oxygens (including phenoxy) is 1. The minimum Gasteiger partial charge on any atom is -0.379 e. The maximum absolute atomic E-state index is 12.6. The molecule has 3 rings (SSSR count). The number of piperazine rings is 1. The summed E-state index contributed by atoms with van der Waals surface area (Å²) in [4.78, 5) is 18.8. The molecule has 0 N–H and O–H groups in total. The Labute approximate surface area is 139 Å². The Kier molecular flexibility index (Phi) is 4.97. The molecule has 1 aromatic heterocycles. The van der Waals surface area contributed by atoms with Gasteiger partial charge < -0.3 is 9.64 Å². The summed E-state index contributed by atoms with van der Waals surface area (Å²) >= 11 is 1.36. The van der Waals surface area contributed by atoms with Gasteiger partial charge in [0.05, 0.1) is 24.4 Å². The van der Waals surface area contributed by atoms with Gasteiger partial charge in [-0.3, -0.25) is 4.79 Å². The average Bonchev–Trinajstić information content (AvgIpc) is 3.01. The fraction of sp³-hybridized carbons (Fsp3) is 0.692. The number of carbonyl (C=O) groups excluding carboxylic acids is 1. The van der Waals surface area contributed by atoms with Gasteiger partial charge >= 0.3 is 0 Å². The fourth-order valence-corrected chi connectivity index (χ4v) is 4.99. The number of thiazole rings is 1. The van der Waals surface area contributed by atoms with Gasteiger partial charge in [-0.2, -0.15) is 17.0 Å². The second-order valence-electron chi connectivity index (χ2n) is 5.45. The largest absolute Gasteiger partial charge is 0.379 e. The van der Waals surface area contributed by atoms with Crippen LogP contribution >= 0.6 is 11.3 Å². The summed E-state index contributed by atoms with van der Waals surface area (Å²) in [5, 5.41) is 0.849. The van der Waals surface area contributed by atoms with Crippen molar-refractivity contribution in [3.8, 4) is 0 Å². The van der Waals surface area contributed by atoms with Crippen molar-refractivity contribution in [2.45, 2.75) is 6.92 Å². The molecule has 0 spiro atoms. The highest BCUT2D eigenvalue weighted by molar-refractivity contribution is 7.86. The van der Waals surface area contributed by atoms with E-state index in [1.165, 1.54) is 19.9 Å². The Balaban J connectivity index is 1.60. The minimum atomic E-state index is -3.46. The van der Waals surface area contributed by atoms with Crippen LogP contribution in [0.1, 0.15) is 14.7 Å². The van der Waals surface area contributed by atoms with Crippen LogP contribution in [0.2, 0.25) is 0 Å². The van der Waals surface area contributed by atoms with Crippen LogP contribution in [0.15, 0.2) is 6.20 Å². The smallest absolute Gasteiger partial charge is 0.282 e. The van der Waals surface area contributed by atoms with Crippen molar-refractivity contribution in [2.24, 2.45) is 0 Å². The van der Waals surface area contributed by atoms with Crippen molar-refractivity contribution in [3.05, 3.63) is 16.1 Å². The molecule has 2 fully saturated rings. The maximum atomic E-state index is 12.6. The summed E-state index contributed by atoms with van der Waals surface area (Å²) < 4.78 is 33.3. The van der Waals surface area contributed by atoms with Crippen LogP contribution in [0.5, 0.6) is 0 Å². The number of amides is 1. The van der Waals surface area contributed by atoms with Crippen LogP contribution in [0, 0.1) is 6.92 Å². The molecule has 0 unspecified atom stereocenters. The van der Waals surface area contributed by atoms with E-state index in [4.69, 9.17) is 4.74 Å². The summed E-state index contributed by atoms with van der Waals surface area (Å²) in [6, 6.07) is 0. The highest BCUT2D eigenvalue weighted by Gasteiger charge is 2.34. The van der Waals surface area contributed by atoms with Crippen LogP contribution in [-0.2, 0) is 14.9 Å². The fourth-order valence-electron chi connectivity index (χ4n) is 2.68. The topological polar surface area (TPSA) is 83.1 Å². The van der Waals surface area contributed by atoms with Gasteiger partial charge in [-0.25, -0.2) is 4.98 Å². The van der Waals surface area contributed by atoms with E-state index < -0.39 is 10.2 Å². The van der Waals surface area contributed by atoms with E-state index in [-0.39, 0.29) is 5.91 Å². The van der Waals surface area contributed by atoms with Gasteiger partial charge in [0.1, 0.15) is 4.88 Å². The summed E-state index contributed by atoms with van der Waals surface area (Å²) in [5.41, 5.74) is 0. The summed E-state index contributed by atoms with van der Waals surface area (Å²) in [6.07, 6.45) is 1.58. The number of nitrogens with zero attached hydrogens (tertiary/aromatic N) is 4. The van der Waals surface area contributed by atoms with Crippen molar-refractivity contribution in [3.63, 3.8) is 0 Å². The minimum absolute atomic E-state index is 0.0704. The lowest BCUT2D eigenvalue weighted by Crippen LogP contribution is -2.55. The molecule has 3 heterocycles. The molecule has 2 saturated heterocycles. The van der Waals surface area contributed by atoms with E-state index in [2.05, 4.69) is 4.98 Å². The third-order valence-corrected chi connectivity index (χ3v) is 6.92. The van der Waals surface area contributed by atoms with E-state index >= 15 is 0 Å². The monoisotopic (exact) mass is 360 g/mol. The predicted octanol–water partition coefficient (Wildman–Crippen LogP) is -0.214.